The number of benzene rings is 3. The lowest BCUT2D eigenvalue weighted by Crippen LogP contribution is -2.44. The largest absolute Gasteiger partial charge is 0.497 e. The number of nitrogens with one attached hydrogen (secondary N) is 1. The van der Waals surface area contributed by atoms with Gasteiger partial charge in [0.05, 0.1) is 27.8 Å². The van der Waals surface area contributed by atoms with Crippen LogP contribution in [-0.2, 0) is 22.6 Å². The molecule has 0 spiro atoms. The highest BCUT2D eigenvalue weighted by atomic mass is 16.5. The van der Waals surface area contributed by atoms with Crippen molar-refractivity contribution >= 4 is 11.8 Å². The maximum Gasteiger partial charge on any atom is 0.247 e. The summed E-state index contributed by atoms with van der Waals surface area (Å²) in [7, 11) is 4.74. The lowest BCUT2D eigenvalue weighted by atomic mass is 10.0. The number of hydrogen-bond acceptors (Lipinski definition) is 5. The number of amides is 2. The maximum atomic E-state index is 13.8. The second-order valence-corrected chi connectivity index (χ2v) is 8.34. The fourth-order valence-corrected chi connectivity index (χ4v) is 3.97. The maximum absolute atomic E-state index is 13.8. The first-order valence-electron chi connectivity index (χ1n) is 12.0. The van der Waals surface area contributed by atoms with Crippen LogP contribution in [0.25, 0.3) is 0 Å². The molecule has 7 heteroatoms. The lowest BCUT2D eigenvalue weighted by Gasteiger charge is -2.32. The Morgan fingerprint density at radius 2 is 1.50 bits per heavy atom. The first kappa shape index (κ1) is 26.6. The number of ether oxygens (including phenoxy) is 3. The first-order chi connectivity index (χ1) is 17.5. The molecule has 0 aliphatic carbocycles. The minimum absolute atomic E-state index is 0.0981. The third-order valence-electron chi connectivity index (χ3n) is 5.86. The summed E-state index contributed by atoms with van der Waals surface area (Å²) in [4.78, 5) is 28.9. The molecule has 3 aromatic rings. The smallest absolute Gasteiger partial charge is 0.247 e. The van der Waals surface area contributed by atoms with Crippen LogP contribution in [0.2, 0.25) is 0 Å². The molecule has 1 atom stereocenters. The van der Waals surface area contributed by atoms with Crippen LogP contribution in [0.1, 0.15) is 36.1 Å². The molecule has 0 fully saturated rings. The molecule has 2 amide bonds. The van der Waals surface area contributed by atoms with Crippen LogP contribution in [0.3, 0.4) is 0 Å². The second kappa shape index (κ2) is 13.2. The summed E-state index contributed by atoms with van der Waals surface area (Å²) in [6.45, 7) is 2.78. The van der Waals surface area contributed by atoms with Gasteiger partial charge in [0.25, 0.3) is 0 Å². The summed E-state index contributed by atoms with van der Waals surface area (Å²) in [6, 6.07) is 21.5. The van der Waals surface area contributed by atoms with Crippen LogP contribution in [0, 0.1) is 0 Å². The van der Waals surface area contributed by atoms with Gasteiger partial charge in [-0.05, 0) is 47.4 Å². The zero-order valence-electron chi connectivity index (χ0n) is 21.3. The highest BCUT2D eigenvalue weighted by Crippen LogP contribution is 2.29. The normalized spacial score (nSPS) is 11.3. The molecule has 0 saturated carbocycles. The summed E-state index contributed by atoms with van der Waals surface area (Å²) in [5.74, 6) is 1.47. The molecular weight excluding hydrogens is 456 g/mol. The molecule has 3 rings (SSSR count). The molecule has 0 aromatic heterocycles. The van der Waals surface area contributed by atoms with E-state index in [0.29, 0.717) is 18.0 Å². The van der Waals surface area contributed by atoms with Crippen molar-refractivity contribution < 1.29 is 23.8 Å². The van der Waals surface area contributed by atoms with Crippen LogP contribution in [0.4, 0.5) is 0 Å². The van der Waals surface area contributed by atoms with Gasteiger partial charge in [-0.2, -0.15) is 0 Å². The molecule has 190 valence electrons. The van der Waals surface area contributed by atoms with Crippen LogP contribution >= 0.6 is 0 Å². The number of carbonyl (C=O) groups is 2. The minimum Gasteiger partial charge on any atom is -0.497 e. The highest BCUT2D eigenvalue weighted by Gasteiger charge is 2.31. The van der Waals surface area contributed by atoms with Gasteiger partial charge >= 0.3 is 0 Å². The fraction of sp³-hybridized carbons (Fsp3) is 0.310. The number of hydrogen-bond donors (Lipinski definition) is 1. The molecule has 0 unspecified atom stereocenters. The predicted octanol–water partition coefficient (Wildman–Crippen LogP) is 4.55. The molecular formula is C29H34N2O5. The quantitative estimate of drug-likeness (QED) is 0.403. The first-order valence-corrected chi connectivity index (χ1v) is 12.0. The fourth-order valence-electron chi connectivity index (χ4n) is 3.97. The van der Waals surface area contributed by atoms with E-state index in [0.717, 1.165) is 28.9 Å². The molecule has 36 heavy (non-hydrogen) atoms. The highest BCUT2D eigenvalue weighted by molar-refractivity contribution is 5.89. The summed E-state index contributed by atoms with van der Waals surface area (Å²) in [5.41, 5.74) is 2.40. The molecule has 7 nitrogen and oxygen atoms in total. The topological polar surface area (TPSA) is 77.1 Å². The van der Waals surface area contributed by atoms with Gasteiger partial charge in [-0.15, -0.1) is 0 Å². The van der Waals surface area contributed by atoms with E-state index in [9.17, 15) is 9.59 Å². The Balaban J connectivity index is 1.99. The molecule has 0 aliphatic heterocycles. The standard InChI is InChI=1S/C29H34N2O5/c1-5-17-30-29(33)28(23-9-7-6-8-10-23)31(20-21-11-14-24(34-2)15-12-21)27(32)19-22-13-16-25(35-3)26(18-22)36-4/h6-16,18,28H,5,17,19-20H2,1-4H3,(H,30,33)/t28-/m0/s1. The van der Waals surface area contributed by atoms with Crippen molar-refractivity contribution in [2.75, 3.05) is 27.9 Å². The molecule has 0 heterocycles. The summed E-state index contributed by atoms with van der Waals surface area (Å²) in [6.07, 6.45) is 0.895. The van der Waals surface area contributed by atoms with E-state index < -0.39 is 6.04 Å². The Morgan fingerprint density at radius 3 is 2.11 bits per heavy atom. The van der Waals surface area contributed by atoms with Crippen molar-refractivity contribution in [3.63, 3.8) is 0 Å². The Morgan fingerprint density at radius 1 is 0.833 bits per heavy atom. The van der Waals surface area contributed by atoms with Gasteiger partial charge in [0.2, 0.25) is 11.8 Å². The molecule has 0 radical (unpaired) electrons. The van der Waals surface area contributed by atoms with E-state index in [-0.39, 0.29) is 24.8 Å². The zero-order chi connectivity index (χ0) is 25.9. The van der Waals surface area contributed by atoms with Gasteiger partial charge in [0.15, 0.2) is 11.5 Å². The number of carbonyl (C=O) groups excluding carboxylic acids is 2. The zero-order valence-corrected chi connectivity index (χ0v) is 21.3. The number of nitrogens with zero attached hydrogens (tertiary/aromatic N) is 1. The van der Waals surface area contributed by atoms with Crippen molar-refractivity contribution in [2.45, 2.75) is 32.4 Å². The third kappa shape index (κ3) is 6.78. The molecule has 1 N–H and O–H groups in total. The van der Waals surface area contributed by atoms with Crippen molar-refractivity contribution in [1.29, 1.82) is 0 Å². The minimum atomic E-state index is -0.785. The van der Waals surface area contributed by atoms with E-state index in [4.69, 9.17) is 14.2 Å². The SMILES string of the molecule is CCCNC(=O)[C@H](c1ccccc1)N(Cc1ccc(OC)cc1)C(=O)Cc1ccc(OC)c(OC)c1. The van der Waals surface area contributed by atoms with E-state index in [2.05, 4.69) is 5.32 Å². The van der Waals surface area contributed by atoms with Gasteiger partial charge in [0.1, 0.15) is 11.8 Å². The molecule has 0 saturated heterocycles. The monoisotopic (exact) mass is 490 g/mol. The Bertz CT molecular complexity index is 1130. The predicted molar refractivity (Wildman–Crippen MR) is 139 cm³/mol. The summed E-state index contributed by atoms with van der Waals surface area (Å²) >= 11 is 0. The summed E-state index contributed by atoms with van der Waals surface area (Å²) in [5, 5.41) is 2.98. The van der Waals surface area contributed by atoms with Gasteiger partial charge in [0, 0.05) is 13.1 Å². The number of methoxy groups -OCH3 is 3. The van der Waals surface area contributed by atoms with Crippen LogP contribution < -0.4 is 19.5 Å². The van der Waals surface area contributed by atoms with Crippen molar-refractivity contribution in [3.8, 4) is 17.2 Å². The molecule has 0 aliphatic rings. The van der Waals surface area contributed by atoms with Crippen molar-refractivity contribution in [2.24, 2.45) is 0 Å². The van der Waals surface area contributed by atoms with E-state index in [1.165, 1.54) is 0 Å². The average molecular weight is 491 g/mol. The van der Waals surface area contributed by atoms with E-state index in [1.807, 2.05) is 67.6 Å². The van der Waals surface area contributed by atoms with Gasteiger partial charge in [-0.3, -0.25) is 9.59 Å². The Kier molecular flexibility index (Phi) is 9.74. The Hall–Kier alpha value is -4.00. The van der Waals surface area contributed by atoms with E-state index >= 15 is 0 Å². The van der Waals surface area contributed by atoms with Crippen LogP contribution in [0.15, 0.2) is 72.8 Å². The van der Waals surface area contributed by atoms with Crippen molar-refractivity contribution in [3.05, 3.63) is 89.5 Å². The lowest BCUT2D eigenvalue weighted by molar-refractivity contribution is -0.141. The third-order valence-corrected chi connectivity index (χ3v) is 5.86. The number of rotatable bonds is 12. The van der Waals surface area contributed by atoms with Gasteiger partial charge in [-0.25, -0.2) is 0 Å². The molecule has 0 bridgehead atoms. The van der Waals surface area contributed by atoms with Crippen molar-refractivity contribution in [1.82, 2.24) is 10.2 Å². The Labute approximate surface area is 213 Å². The van der Waals surface area contributed by atoms with Crippen LogP contribution in [0.5, 0.6) is 17.2 Å². The van der Waals surface area contributed by atoms with Gasteiger partial charge < -0.3 is 24.4 Å². The summed E-state index contributed by atoms with van der Waals surface area (Å²) < 4.78 is 16.0. The van der Waals surface area contributed by atoms with E-state index in [1.54, 1.807) is 38.4 Å². The average Bonchev–Trinajstić information content (AvgIpc) is 2.92. The second-order valence-electron chi connectivity index (χ2n) is 8.34. The molecule has 3 aromatic carbocycles. The van der Waals surface area contributed by atoms with Crippen LogP contribution in [-0.4, -0.2) is 44.6 Å². The van der Waals surface area contributed by atoms with Gasteiger partial charge in [-0.1, -0.05) is 55.5 Å².